The number of oxime groups is 1. The maximum Gasteiger partial charge on any atom is 1.00 e. The molecule has 0 aliphatic carbocycles. The Morgan fingerprint density at radius 3 is 2.85 bits per heavy atom. The van der Waals surface area contributed by atoms with Crippen LogP contribution < -0.4 is 44.8 Å². The number of hydrogen-bond acceptors (Lipinski definition) is 13. The molecule has 4 N–H and O–H groups in total. The third-order valence-electron chi connectivity index (χ3n) is 4.52. The Labute approximate surface area is 224 Å². The van der Waals surface area contributed by atoms with Crippen molar-refractivity contribution >= 4 is 69.9 Å². The smallest absolute Gasteiger partial charge is 0.543 e. The Kier molecular flexibility index (Phi) is 8.41. The van der Waals surface area contributed by atoms with Crippen LogP contribution in [0.5, 0.6) is 0 Å². The van der Waals surface area contributed by atoms with Crippen molar-refractivity contribution in [3.8, 4) is 0 Å². The monoisotopic (exact) mass is 535 g/mol. The first kappa shape index (κ1) is 25.9. The summed E-state index contributed by atoms with van der Waals surface area (Å²) in [6, 6.07) is -0.993. The average molecular weight is 536 g/mol. The van der Waals surface area contributed by atoms with Crippen LogP contribution in [0.4, 0.5) is 0 Å². The van der Waals surface area contributed by atoms with E-state index in [9.17, 15) is 24.7 Å². The quantitative estimate of drug-likeness (QED) is 0.0686. The number of hydrogen-bond donors (Lipinski definition) is 4. The van der Waals surface area contributed by atoms with Crippen molar-refractivity contribution in [2.24, 2.45) is 5.16 Å². The van der Waals surface area contributed by atoms with Gasteiger partial charge in [-0.05, 0) is 24.0 Å². The number of aliphatic carboxylic acids is 1. The van der Waals surface area contributed by atoms with Crippen molar-refractivity contribution in [2.45, 2.75) is 22.7 Å². The maximum atomic E-state index is 12.7. The van der Waals surface area contributed by atoms with Crippen LogP contribution in [0.25, 0.3) is 0 Å². The van der Waals surface area contributed by atoms with Gasteiger partial charge in [-0.3, -0.25) is 19.9 Å². The van der Waals surface area contributed by atoms with Gasteiger partial charge in [-0.1, -0.05) is 16.9 Å². The molecule has 0 radical (unpaired) electrons. The molecule has 2 atom stereocenters. The minimum absolute atomic E-state index is 0. The van der Waals surface area contributed by atoms with E-state index in [-0.39, 0.29) is 51.5 Å². The van der Waals surface area contributed by atoms with Gasteiger partial charge in [0.2, 0.25) is 0 Å². The number of aromatic nitrogens is 3. The van der Waals surface area contributed by atoms with Gasteiger partial charge in [-0.2, -0.15) is 4.37 Å². The minimum Gasteiger partial charge on any atom is -0.543 e. The number of carbonyl (C=O) groups excluding carboxylic acids is 3. The summed E-state index contributed by atoms with van der Waals surface area (Å²) in [5.74, 6) is -1.62. The predicted molar refractivity (Wildman–Crippen MR) is 115 cm³/mol. The fourth-order valence-corrected chi connectivity index (χ4v) is 6.82. The number of β-lactam (4-membered cyclic amide) rings is 1. The molecule has 2 aliphatic rings. The summed E-state index contributed by atoms with van der Waals surface area (Å²) in [5.41, 5.74) is 0.0723. The second-order valence-electron chi connectivity index (χ2n) is 6.55. The molecule has 1 fully saturated rings. The van der Waals surface area contributed by atoms with Gasteiger partial charge in [0.15, 0.2) is 14.9 Å². The molecule has 17 heteroatoms. The summed E-state index contributed by atoms with van der Waals surface area (Å²) in [4.78, 5) is 45.1. The number of aromatic amines is 1. The molecule has 2 aromatic rings. The van der Waals surface area contributed by atoms with Gasteiger partial charge in [-0.15, -0.1) is 23.1 Å². The standard InChI is InChI=1S/C16H15N7O5S4.Na/c1-5-18-16(32-22-5)31-3-6-2-29-13-9(12(25)23(13)10(6)14(26)27)20-11(24)8(21-28)7-4-30-15(17)19-7;/h4,9,13,28H,2-3H2,1H3,(H2,17,19)(H,20,24)(H,26,27);/q;+1/p-1/t9?,13-;/m0./s1. The number of aryl methyl sites for hydroxylation is 1. The van der Waals surface area contributed by atoms with Crippen molar-refractivity contribution in [1.29, 1.82) is 5.41 Å². The largest absolute Gasteiger partial charge is 1.00 e. The number of thiazole rings is 1. The molecule has 4 heterocycles. The van der Waals surface area contributed by atoms with Crippen LogP contribution in [0, 0.1) is 12.3 Å². The van der Waals surface area contributed by atoms with Crippen molar-refractivity contribution < 1.29 is 54.3 Å². The van der Waals surface area contributed by atoms with Gasteiger partial charge in [0.05, 0.1) is 17.4 Å². The van der Waals surface area contributed by atoms with Gasteiger partial charge in [0.1, 0.15) is 17.2 Å². The third kappa shape index (κ3) is 5.21. The van der Waals surface area contributed by atoms with Crippen molar-refractivity contribution in [2.75, 3.05) is 11.5 Å². The first-order valence-electron chi connectivity index (χ1n) is 8.87. The molecule has 0 aromatic carbocycles. The fourth-order valence-electron chi connectivity index (χ4n) is 3.11. The molecule has 2 amide bonds. The number of thioether (sulfide) groups is 2. The summed E-state index contributed by atoms with van der Waals surface area (Å²) in [5, 5.41) is 34.8. The van der Waals surface area contributed by atoms with Crippen molar-refractivity contribution in [3.63, 3.8) is 0 Å². The number of nitrogens with zero attached hydrogens (tertiary/aromatic N) is 4. The molecule has 168 valence electrons. The van der Waals surface area contributed by atoms with Crippen LogP contribution in [0.3, 0.4) is 0 Å². The number of nitrogens with one attached hydrogen (secondary N) is 3. The molecule has 2 aliphatic heterocycles. The van der Waals surface area contributed by atoms with E-state index in [0.717, 1.165) is 16.2 Å². The van der Waals surface area contributed by atoms with Crippen LogP contribution in [-0.4, -0.2) is 70.9 Å². The molecule has 1 saturated heterocycles. The predicted octanol–water partition coefficient (Wildman–Crippen LogP) is -3.91. The van der Waals surface area contributed by atoms with Crippen molar-refractivity contribution in [1.82, 2.24) is 24.6 Å². The summed E-state index contributed by atoms with van der Waals surface area (Å²) < 4.78 is 4.77. The van der Waals surface area contributed by atoms with Crippen LogP contribution in [0.2, 0.25) is 0 Å². The third-order valence-corrected chi connectivity index (χ3v) is 8.56. The van der Waals surface area contributed by atoms with E-state index < -0.39 is 29.2 Å². The molecule has 2 aromatic heterocycles. The number of fused-ring (bicyclic) bond motifs is 1. The molecule has 1 unspecified atom stereocenters. The Balaban J connectivity index is 0.00000306. The summed E-state index contributed by atoms with van der Waals surface area (Å²) in [7, 11) is 0. The zero-order chi connectivity index (χ0) is 23.0. The summed E-state index contributed by atoms with van der Waals surface area (Å²) >= 11 is 4.86. The Morgan fingerprint density at radius 2 is 2.27 bits per heavy atom. The number of rotatable bonds is 7. The molecular formula is C16H14N7NaO5S4. The Morgan fingerprint density at radius 1 is 1.52 bits per heavy atom. The van der Waals surface area contributed by atoms with E-state index in [1.54, 1.807) is 6.92 Å². The van der Waals surface area contributed by atoms with Crippen LogP contribution in [0.1, 0.15) is 11.5 Å². The first-order chi connectivity index (χ1) is 15.3. The van der Waals surface area contributed by atoms with E-state index in [4.69, 9.17) is 5.41 Å². The topological polar surface area (TPSA) is 188 Å². The number of carbonyl (C=O) groups is 3. The first-order valence-corrected chi connectivity index (χ1v) is 12.6. The van der Waals surface area contributed by atoms with E-state index in [0.29, 0.717) is 27.2 Å². The second kappa shape index (κ2) is 10.7. The molecule has 0 bridgehead atoms. The minimum atomic E-state index is -1.47. The zero-order valence-corrected chi connectivity index (χ0v) is 22.4. The SMILES string of the molecule is Cc1nsc(SCC2=C(C(=O)[O-])N3C(=O)C(NC(=O)C(=NO)c4csc(=N)[nH]4)[C@@H]3SC2)n1.[Na+]. The molecule has 33 heavy (non-hydrogen) atoms. The second-order valence-corrected chi connectivity index (χ2v) is 10.5. The Bertz CT molecular complexity index is 1220. The maximum absolute atomic E-state index is 12.7. The van der Waals surface area contributed by atoms with Gasteiger partial charge in [0, 0.05) is 16.9 Å². The number of carboxylic acids is 1. The average Bonchev–Trinajstić information content (AvgIpc) is 3.38. The number of H-pyrrole nitrogens is 1. The molecule has 4 rings (SSSR count). The van der Waals surface area contributed by atoms with Crippen LogP contribution >= 0.6 is 46.4 Å². The van der Waals surface area contributed by atoms with Crippen LogP contribution in [-0.2, 0) is 14.4 Å². The summed E-state index contributed by atoms with van der Waals surface area (Å²) in [6.45, 7) is 1.76. The van der Waals surface area contributed by atoms with E-state index in [1.807, 2.05) is 0 Å². The molecule has 0 spiro atoms. The van der Waals surface area contributed by atoms with Crippen molar-refractivity contribution in [3.05, 3.63) is 33.0 Å². The van der Waals surface area contributed by atoms with Gasteiger partial charge >= 0.3 is 29.6 Å². The Hall–Kier alpha value is -1.69. The number of carboxylic acid groups (broad SMARTS) is 1. The molecule has 0 saturated carbocycles. The molecule has 12 nitrogen and oxygen atoms in total. The number of amides is 2. The van der Waals surface area contributed by atoms with Gasteiger partial charge in [-0.25, -0.2) is 4.98 Å². The summed E-state index contributed by atoms with van der Waals surface area (Å²) in [6.07, 6.45) is 0. The fraction of sp³-hybridized carbons (Fsp3) is 0.312. The zero-order valence-electron chi connectivity index (χ0n) is 17.1. The van der Waals surface area contributed by atoms with E-state index in [2.05, 4.69) is 24.8 Å². The van der Waals surface area contributed by atoms with E-state index >= 15 is 0 Å². The van der Waals surface area contributed by atoms with Gasteiger partial charge < -0.3 is 25.4 Å². The van der Waals surface area contributed by atoms with Crippen LogP contribution in [0.15, 0.2) is 26.1 Å². The molecular weight excluding hydrogens is 521 g/mol. The van der Waals surface area contributed by atoms with Gasteiger partial charge in [0.25, 0.3) is 11.8 Å². The normalized spacial score (nSPS) is 20.1. The van der Waals surface area contributed by atoms with E-state index in [1.165, 1.54) is 40.4 Å².